The molecule has 56 heavy (non-hydrogen) atoms. The van der Waals surface area contributed by atoms with Gasteiger partial charge in [-0.05, 0) is 44.9 Å². The maximum atomic E-state index is 12.6. The average Bonchev–Trinajstić information content (AvgIpc) is 3.14. The molecular weight excluding hydrogens is 729 g/mol. The molecule has 10 nitrogen and oxygen atoms in total. The highest BCUT2D eigenvalue weighted by atomic mass is 31.2. The van der Waals surface area contributed by atoms with Crippen LogP contribution >= 0.6 is 7.82 Å². The molecule has 0 rings (SSSR count). The molecule has 0 bridgehead atoms. The van der Waals surface area contributed by atoms with Crippen LogP contribution in [0.3, 0.4) is 0 Å². The van der Waals surface area contributed by atoms with Gasteiger partial charge >= 0.3 is 19.8 Å². The number of hydrogen-bond donors (Lipinski definition) is 2. The van der Waals surface area contributed by atoms with Crippen molar-refractivity contribution in [2.75, 3.05) is 47.5 Å². The van der Waals surface area contributed by atoms with Crippen molar-refractivity contribution in [3.05, 3.63) is 72.9 Å². The third-order valence-corrected chi connectivity index (χ3v) is 9.58. The molecule has 0 amide bonds. The first-order chi connectivity index (χ1) is 26.9. The number of aliphatic hydroxyl groups is 1. The summed E-state index contributed by atoms with van der Waals surface area (Å²) in [6.45, 7) is 4.09. The molecule has 0 aromatic heterocycles. The van der Waals surface area contributed by atoms with Crippen molar-refractivity contribution < 1.29 is 47.2 Å². The van der Waals surface area contributed by atoms with Crippen molar-refractivity contribution in [1.82, 2.24) is 0 Å². The molecule has 2 unspecified atom stereocenters. The summed E-state index contributed by atoms with van der Waals surface area (Å²) in [5, 5.41) is 9.84. The summed E-state index contributed by atoms with van der Waals surface area (Å²) in [5.41, 5.74) is 0. The summed E-state index contributed by atoms with van der Waals surface area (Å²) in [6, 6.07) is 0. The van der Waals surface area contributed by atoms with E-state index in [9.17, 15) is 24.2 Å². The van der Waals surface area contributed by atoms with Crippen LogP contribution in [0.4, 0.5) is 0 Å². The molecule has 0 fully saturated rings. The first kappa shape index (κ1) is 53.4. The molecule has 0 aliphatic carbocycles. The zero-order valence-corrected chi connectivity index (χ0v) is 36.6. The normalized spacial score (nSPS) is 14.9. The Balaban J connectivity index is 4.56. The predicted molar refractivity (Wildman–Crippen MR) is 230 cm³/mol. The number of rotatable bonds is 37. The Bertz CT molecular complexity index is 1200. The van der Waals surface area contributed by atoms with Crippen LogP contribution in [-0.4, -0.2) is 86.1 Å². The van der Waals surface area contributed by atoms with Gasteiger partial charge in [0.15, 0.2) is 6.10 Å². The van der Waals surface area contributed by atoms with Crippen molar-refractivity contribution in [2.24, 2.45) is 0 Å². The highest BCUT2D eigenvalue weighted by Crippen LogP contribution is 2.43. The third kappa shape index (κ3) is 39.6. The molecule has 0 saturated carbocycles. The number of esters is 2. The van der Waals surface area contributed by atoms with Gasteiger partial charge in [0, 0.05) is 12.8 Å². The Morgan fingerprint density at radius 3 is 1.82 bits per heavy atom. The van der Waals surface area contributed by atoms with Crippen LogP contribution in [0.1, 0.15) is 142 Å². The second-order valence-corrected chi connectivity index (χ2v) is 16.7. The van der Waals surface area contributed by atoms with Crippen LogP contribution in [-0.2, 0) is 32.7 Å². The number of phosphoric acid groups is 1. The molecule has 2 N–H and O–H groups in total. The highest BCUT2D eigenvalue weighted by Gasteiger charge is 2.27. The van der Waals surface area contributed by atoms with E-state index in [-0.39, 0.29) is 26.1 Å². The topological polar surface area (TPSA) is 129 Å². The molecule has 11 heteroatoms. The monoisotopic (exact) mass is 809 g/mol. The van der Waals surface area contributed by atoms with E-state index in [1.807, 2.05) is 63.7 Å². The first-order valence-electron chi connectivity index (χ1n) is 21.3. The van der Waals surface area contributed by atoms with Gasteiger partial charge in [-0.1, -0.05) is 157 Å². The average molecular weight is 809 g/mol. The van der Waals surface area contributed by atoms with Crippen LogP contribution in [0.15, 0.2) is 72.9 Å². The lowest BCUT2D eigenvalue weighted by Crippen LogP contribution is -2.37. The number of allylic oxidation sites excluding steroid dienone is 10. The van der Waals surface area contributed by atoms with Crippen LogP contribution in [0.25, 0.3) is 0 Å². The molecule has 0 saturated heterocycles. The zero-order valence-electron chi connectivity index (χ0n) is 35.7. The van der Waals surface area contributed by atoms with Gasteiger partial charge in [0.2, 0.25) is 0 Å². The van der Waals surface area contributed by atoms with Crippen LogP contribution in [0.2, 0.25) is 0 Å². The number of carbonyl (C=O) groups excluding carboxylic acids is 2. The lowest BCUT2D eigenvalue weighted by molar-refractivity contribution is -0.870. The Hall–Kier alpha value is -2.59. The first-order valence-corrected chi connectivity index (χ1v) is 22.8. The minimum absolute atomic E-state index is 0.00852. The van der Waals surface area contributed by atoms with Crippen LogP contribution < -0.4 is 0 Å². The van der Waals surface area contributed by atoms with E-state index in [4.69, 9.17) is 18.5 Å². The van der Waals surface area contributed by atoms with Crippen molar-refractivity contribution >= 4 is 19.8 Å². The third-order valence-electron chi connectivity index (χ3n) is 8.59. The van der Waals surface area contributed by atoms with Gasteiger partial charge in [-0.3, -0.25) is 18.6 Å². The number of aliphatic hydroxyl groups excluding tert-OH is 1. The molecule has 0 spiro atoms. The fourth-order valence-electron chi connectivity index (χ4n) is 5.24. The largest absolute Gasteiger partial charge is 0.472 e. The summed E-state index contributed by atoms with van der Waals surface area (Å²) in [4.78, 5) is 35.3. The Morgan fingerprint density at radius 1 is 0.661 bits per heavy atom. The molecule has 3 atom stereocenters. The van der Waals surface area contributed by atoms with Gasteiger partial charge in [-0.25, -0.2) is 4.57 Å². The number of likely N-dealkylation sites (N-methyl/N-ethyl adjacent to an activating group) is 1. The number of carbonyl (C=O) groups is 2. The van der Waals surface area contributed by atoms with E-state index in [0.717, 1.165) is 44.9 Å². The van der Waals surface area contributed by atoms with Gasteiger partial charge in [0.1, 0.15) is 19.8 Å². The van der Waals surface area contributed by atoms with E-state index in [1.165, 1.54) is 57.8 Å². The van der Waals surface area contributed by atoms with Crippen LogP contribution in [0, 0.1) is 0 Å². The summed E-state index contributed by atoms with van der Waals surface area (Å²) in [5.74, 6) is -0.923. The number of hydrogen-bond acceptors (Lipinski definition) is 8. The highest BCUT2D eigenvalue weighted by molar-refractivity contribution is 7.47. The van der Waals surface area contributed by atoms with E-state index in [0.29, 0.717) is 23.9 Å². The Morgan fingerprint density at radius 2 is 1.23 bits per heavy atom. The fraction of sp³-hybridized carbons (Fsp3) is 0.689. The maximum Gasteiger partial charge on any atom is 0.472 e. The SMILES string of the molecule is CC/C=C\CC(O)/C=C/C=C/C/C=C\C/C=C\C/C=C\CCC(=O)O[C@H](COC(=O)CCCCCCCCCCCCCC)COP(=O)(O)OCC[N+](C)(C)C. The molecule has 0 radical (unpaired) electrons. The molecule has 0 aromatic carbocycles. The van der Waals surface area contributed by atoms with Gasteiger partial charge in [-0.15, -0.1) is 0 Å². The van der Waals surface area contributed by atoms with Gasteiger partial charge in [0.25, 0.3) is 0 Å². The second-order valence-electron chi connectivity index (χ2n) is 15.2. The van der Waals surface area contributed by atoms with Crippen molar-refractivity contribution in [3.8, 4) is 0 Å². The second kappa shape index (κ2) is 36.7. The molecule has 0 aromatic rings. The van der Waals surface area contributed by atoms with Gasteiger partial charge < -0.3 is 24.0 Å². The molecule has 0 aliphatic heterocycles. The maximum absolute atomic E-state index is 12.6. The number of phosphoric ester groups is 1. The Kier molecular flexibility index (Phi) is 35.0. The van der Waals surface area contributed by atoms with E-state index in [1.54, 1.807) is 6.08 Å². The minimum atomic E-state index is -4.40. The van der Waals surface area contributed by atoms with Crippen molar-refractivity contribution in [2.45, 2.75) is 154 Å². The lowest BCUT2D eigenvalue weighted by Gasteiger charge is -2.24. The van der Waals surface area contributed by atoms with Gasteiger partial charge in [0.05, 0.1) is 33.9 Å². The fourth-order valence-corrected chi connectivity index (χ4v) is 5.98. The zero-order chi connectivity index (χ0) is 41.6. The summed E-state index contributed by atoms with van der Waals surface area (Å²) < 4.78 is 34.1. The van der Waals surface area contributed by atoms with Crippen LogP contribution in [0.5, 0.6) is 0 Å². The number of quaternary nitrogens is 1. The van der Waals surface area contributed by atoms with E-state index < -0.39 is 38.6 Å². The van der Waals surface area contributed by atoms with E-state index >= 15 is 0 Å². The summed E-state index contributed by atoms with van der Waals surface area (Å²) in [6.07, 6.45) is 41.5. The standard InChI is InChI=1S/C45H78NO9P/c1-6-8-10-11-12-13-14-19-22-25-28-32-36-44(48)52-40-43(41-54-56(50,51)53-39-38-46(3,4)5)55-45(49)37-33-29-26-23-20-17-15-16-18-21-24-27-31-35-42(47)34-30-9-7-2/h9,16-18,20,24,26-27,29-31,35,42-43,47H,6-8,10-15,19,21-23,25,28,32-34,36-41H2,1-5H3/p+1/b18-16-,20-17-,27-24+,29-26-,30-9-,35-31+/t42?,43-/m1/s1. The lowest BCUT2D eigenvalue weighted by atomic mass is 10.0. The van der Waals surface area contributed by atoms with Crippen molar-refractivity contribution in [1.29, 1.82) is 0 Å². The molecule has 322 valence electrons. The predicted octanol–water partition coefficient (Wildman–Crippen LogP) is 10.8. The number of ether oxygens (including phenoxy) is 2. The van der Waals surface area contributed by atoms with Crippen molar-refractivity contribution in [3.63, 3.8) is 0 Å². The molecule has 0 heterocycles. The van der Waals surface area contributed by atoms with Gasteiger partial charge in [-0.2, -0.15) is 0 Å². The number of unbranched alkanes of at least 4 members (excludes halogenated alkanes) is 11. The summed E-state index contributed by atoms with van der Waals surface area (Å²) in [7, 11) is 1.40. The number of nitrogens with zero attached hydrogens (tertiary/aromatic N) is 1. The smallest absolute Gasteiger partial charge is 0.462 e. The van der Waals surface area contributed by atoms with E-state index in [2.05, 4.69) is 38.2 Å². The molecular formula is C45H79NO9P+. The Labute approximate surface area is 341 Å². The minimum Gasteiger partial charge on any atom is -0.462 e. The summed E-state index contributed by atoms with van der Waals surface area (Å²) >= 11 is 0. The molecule has 0 aliphatic rings. The quantitative estimate of drug-likeness (QED) is 0.0157.